The molecule has 1 aromatic rings. The van der Waals surface area contributed by atoms with E-state index < -0.39 is 0 Å². The second kappa shape index (κ2) is 5.66. The average Bonchev–Trinajstić information content (AvgIpc) is 2.31. The summed E-state index contributed by atoms with van der Waals surface area (Å²) in [5.41, 5.74) is 1.13. The van der Waals surface area contributed by atoms with Crippen LogP contribution in [0.25, 0.3) is 0 Å². The van der Waals surface area contributed by atoms with Gasteiger partial charge in [0.2, 0.25) is 0 Å². The Balaban J connectivity index is 2.97. The number of nitro benzene ring substituents is 1. The molecule has 0 aliphatic carbocycles. The summed E-state index contributed by atoms with van der Waals surface area (Å²) >= 11 is 2.13. The molecular weight excluding hydrogens is 331 g/mol. The van der Waals surface area contributed by atoms with E-state index in [0.717, 1.165) is 22.1 Å². The molecule has 0 aliphatic heterocycles. The molecule has 17 heavy (non-hydrogen) atoms. The van der Waals surface area contributed by atoms with Crippen molar-refractivity contribution in [2.24, 2.45) is 0 Å². The Kier molecular flexibility index (Phi) is 4.73. The summed E-state index contributed by atoms with van der Waals surface area (Å²) in [6, 6.07) is 4.91. The standard InChI is InChI=1S/C12H17IN2O2/c1-4-12(3,5-2)14-11-7-6-9(15(16)17)8-10(11)13/h6-8,14H,4-5H2,1-3H3. The van der Waals surface area contributed by atoms with Gasteiger partial charge in [-0.05, 0) is 48.4 Å². The van der Waals surface area contributed by atoms with Crippen LogP contribution in [0.5, 0.6) is 0 Å². The molecule has 0 atom stereocenters. The lowest BCUT2D eigenvalue weighted by molar-refractivity contribution is -0.384. The molecule has 0 unspecified atom stereocenters. The van der Waals surface area contributed by atoms with Gasteiger partial charge in [0, 0.05) is 26.9 Å². The van der Waals surface area contributed by atoms with E-state index in [1.54, 1.807) is 12.1 Å². The van der Waals surface area contributed by atoms with Gasteiger partial charge in [0.1, 0.15) is 0 Å². The number of benzene rings is 1. The fraction of sp³-hybridized carbons (Fsp3) is 0.500. The predicted octanol–water partition coefficient (Wildman–Crippen LogP) is 4.19. The van der Waals surface area contributed by atoms with Gasteiger partial charge in [0.05, 0.1) is 4.92 Å². The van der Waals surface area contributed by atoms with E-state index in [2.05, 4.69) is 48.7 Å². The highest BCUT2D eigenvalue weighted by atomic mass is 127. The number of hydrogen-bond acceptors (Lipinski definition) is 3. The van der Waals surface area contributed by atoms with Crippen LogP contribution < -0.4 is 5.32 Å². The highest BCUT2D eigenvalue weighted by Crippen LogP contribution is 2.28. The van der Waals surface area contributed by atoms with Crippen LogP contribution >= 0.6 is 22.6 Å². The third-order valence-corrected chi connectivity index (χ3v) is 4.05. The van der Waals surface area contributed by atoms with Crippen molar-refractivity contribution < 1.29 is 4.92 Å². The van der Waals surface area contributed by atoms with Crippen molar-refractivity contribution in [1.29, 1.82) is 0 Å². The zero-order valence-corrected chi connectivity index (χ0v) is 12.4. The molecule has 1 N–H and O–H groups in total. The van der Waals surface area contributed by atoms with Crippen LogP contribution in [0.4, 0.5) is 11.4 Å². The van der Waals surface area contributed by atoms with Crippen molar-refractivity contribution in [3.05, 3.63) is 31.9 Å². The smallest absolute Gasteiger partial charge is 0.270 e. The third kappa shape index (κ3) is 3.55. The molecule has 1 aromatic carbocycles. The van der Waals surface area contributed by atoms with Gasteiger partial charge < -0.3 is 5.32 Å². The predicted molar refractivity (Wildman–Crippen MR) is 78.4 cm³/mol. The molecule has 4 nitrogen and oxygen atoms in total. The summed E-state index contributed by atoms with van der Waals surface area (Å²) in [4.78, 5) is 10.3. The maximum atomic E-state index is 10.6. The zero-order valence-electron chi connectivity index (χ0n) is 10.3. The molecular formula is C12H17IN2O2. The minimum atomic E-state index is -0.370. The second-order valence-electron chi connectivity index (χ2n) is 4.31. The van der Waals surface area contributed by atoms with Crippen LogP contribution in [-0.2, 0) is 0 Å². The highest BCUT2D eigenvalue weighted by Gasteiger charge is 2.20. The molecule has 0 aromatic heterocycles. The molecule has 0 saturated heterocycles. The second-order valence-corrected chi connectivity index (χ2v) is 5.48. The zero-order chi connectivity index (χ0) is 13.1. The average molecular weight is 348 g/mol. The molecule has 0 spiro atoms. The maximum Gasteiger partial charge on any atom is 0.270 e. The van der Waals surface area contributed by atoms with E-state index in [4.69, 9.17) is 0 Å². The van der Waals surface area contributed by atoms with E-state index in [0.29, 0.717) is 0 Å². The topological polar surface area (TPSA) is 55.2 Å². The molecule has 1 rings (SSSR count). The molecule has 0 amide bonds. The first kappa shape index (κ1) is 14.2. The van der Waals surface area contributed by atoms with Gasteiger partial charge in [0.15, 0.2) is 0 Å². The van der Waals surface area contributed by atoms with Crippen LogP contribution in [-0.4, -0.2) is 10.5 Å². The number of anilines is 1. The normalized spacial score (nSPS) is 11.3. The first-order chi connectivity index (χ1) is 7.91. The lowest BCUT2D eigenvalue weighted by Crippen LogP contribution is -2.33. The molecule has 0 bridgehead atoms. The van der Waals surface area contributed by atoms with Gasteiger partial charge in [-0.2, -0.15) is 0 Å². The minimum absolute atomic E-state index is 0.0378. The molecule has 0 saturated carbocycles. The van der Waals surface area contributed by atoms with Crippen LogP contribution in [0.3, 0.4) is 0 Å². The fourth-order valence-corrected chi connectivity index (χ4v) is 2.10. The molecule has 5 heteroatoms. The van der Waals surface area contributed by atoms with Gasteiger partial charge in [0.25, 0.3) is 5.69 Å². The maximum absolute atomic E-state index is 10.6. The van der Waals surface area contributed by atoms with Crippen LogP contribution in [0.1, 0.15) is 33.6 Å². The first-order valence-corrected chi connectivity index (χ1v) is 6.72. The number of hydrogen-bond donors (Lipinski definition) is 1. The number of non-ortho nitro benzene ring substituents is 1. The van der Waals surface area contributed by atoms with Gasteiger partial charge in [-0.3, -0.25) is 10.1 Å². The van der Waals surface area contributed by atoms with E-state index in [-0.39, 0.29) is 16.1 Å². The summed E-state index contributed by atoms with van der Waals surface area (Å²) in [5, 5.41) is 14.1. The third-order valence-electron chi connectivity index (χ3n) is 3.16. The Morgan fingerprint density at radius 3 is 2.41 bits per heavy atom. The van der Waals surface area contributed by atoms with E-state index in [9.17, 15) is 10.1 Å². The molecule has 0 aliphatic rings. The van der Waals surface area contributed by atoms with Crippen LogP contribution in [0.15, 0.2) is 18.2 Å². The van der Waals surface area contributed by atoms with Crippen molar-refractivity contribution in [3.63, 3.8) is 0 Å². The van der Waals surface area contributed by atoms with E-state index >= 15 is 0 Å². The Bertz CT molecular complexity index is 417. The quantitative estimate of drug-likeness (QED) is 0.493. The lowest BCUT2D eigenvalue weighted by atomic mass is 9.95. The number of nitrogens with zero attached hydrogens (tertiary/aromatic N) is 1. The highest BCUT2D eigenvalue weighted by molar-refractivity contribution is 14.1. The van der Waals surface area contributed by atoms with E-state index in [1.165, 1.54) is 6.07 Å². The number of nitro groups is 1. The minimum Gasteiger partial charge on any atom is -0.379 e. The SMILES string of the molecule is CCC(C)(CC)Nc1ccc([N+](=O)[O-])cc1I. The Morgan fingerprint density at radius 2 is 2.00 bits per heavy atom. The molecule has 0 fully saturated rings. The number of nitrogens with one attached hydrogen (secondary N) is 1. The van der Waals surface area contributed by atoms with Gasteiger partial charge in [-0.15, -0.1) is 0 Å². The summed E-state index contributed by atoms with van der Waals surface area (Å²) < 4.78 is 0.880. The Labute approximate surface area is 115 Å². The number of rotatable bonds is 5. The summed E-state index contributed by atoms with van der Waals surface area (Å²) in [6.45, 7) is 6.42. The summed E-state index contributed by atoms with van der Waals surface area (Å²) in [7, 11) is 0. The Hall–Kier alpha value is -0.850. The fourth-order valence-electron chi connectivity index (χ4n) is 1.47. The lowest BCUT2D eigenvalue weighted by Gasteiger charge is -2.30. The van der Waals surface area contributed by atoms with Crippen LogP contribution in [0.2, 0.25) is 0 Å². The summed E-state index contributed by atoms with van der Waals surface area (Å²) in [6.07, 6.45) is 2.02. The monoisotopic (exact) mass is 348 g/mol. The van der Waals surface area contributed by atoms with Crippen molar-refractivity contribution in [2.75, 3.05) is 5.32 Å². The molecule has 0 heterocycles. The van der Waals surface area contributed by atoms with Crippen molar-refractivity contribution in [1.82, 2.24) is 0 Å². The van der Waals surface area contributed by atoms with Gasteiger partial charge in [-0.1, -0.05) is 13.8 Å². The van der Waals surface area contributed by atoms with Gasteiger partial charge in [-0.25, -0.2) is 0 Å². The largest absolute Gasteiger partial charge is 0.379 e. The molecule has 0 radical (unpaired) electrons. The van der Waals surface area contributed by atoms with Crippen molar-refractivity contribution in [2.45, 2.75) is 39.2 Å². The summed E-state index contributed by atoms with van der Waals surface area (Å²) in [5.74, 6) is 0. The first-order valence-electron chi connectivity index (χ1n) is 5.64. The molecule has 94 valence electrons. The van der Waals surface area contributed by atoms with Crippen molar-refractivity contribution >= 4 is 34.0 Å². The van der Waals surface area contributed by atoms with Crippen molar-refractivity contribution in [3.8, 4) is 0 Å². The Morgan fingerprint density at radius 1 is 1.41 bits per heavy atom. The van der Waals surface area contributed by atoms with E-state index in [1.807, 2.05) is 0 Å². The van der Waals surface area contributed by atoms with Gasteiger partial charge >= 0.3 is 0 Å². The van der Waals surface area contributed by atoms with Crippen LogP contribution in [0, 0.1) is 13.7 Å². The number of halogens is 1.